The van der Waals surface area contributed by atoms with Crippen molar-refractivity contribution in [3.8, 4) is 0 Å². The lowest BCUT2D eigenvalue weighted by Gasteiger charge is -2.20. The number of esters is 2. The predicted octanol–water partition coefficient (Wildman–Crippen LogP) is 9.53. The van der Waals surface area contributed by atoms with E-state index in [9.17, 15) is 29.3 Å². The molecular weight excluding hydrogens is 711 g/mol. The summed E-state index contributed by atoms with van der Waals surface area (Å²) in [4.78, 5) is 34.9. The molecule has 0 radical (unpaired) electrons. The molecule has 0 bridgehead atoms. The molecule has 4 N–H and O–H groups in total. The summed E-state index contributed by atoms with van der Waals surface area (Å²) >= 11 is 0. The molecule has 12 heteroatoms. The van der Waals surface area contributed by atoms with Crippen molar-refractivity contribution in [2.75, 3.05) is 26.4 Å². The zero-order valence-electron chi connectivity index (χ0n) is 33.5. The highest BCUT2D eigenvalue weighted by molar-refractivity contribution is 7.47. The molecule has 11 nitrogen and oxygen atoms in total. The first-order valence-corrected chi connectivity index (χ1v) is 22.2. The maximum atomic E-state index is 12.6. The first-order valence-electron chi connectivity index (χ1n) is 20.7. The van der Waals surface area contributed by atoms with Gasteiger partial charge in [0.15, 0.2) is 6.10 Å². The Hall–Kier alpha value is -2.11. The molecule has 0 aliphatic heterocycles. The number of phosphoric acid groups is 1. The second kappa shape index (κ2) is 37.8. The van der Waals surface area contributed by atoms with Gasteiger partial charge in [0.2, 0.25) is 0 Å². The summed E-state index contributed by atoms with van der Waals surface area (Å²) in [6.07, 6.45) is 35.5. The average molecular weight is 787 g/mol. The Balaban J connectivity index is 4.47. The SMILES string of the molecule is CCCCCCCCCCCCCCCC(=O)OC[C@H](COP(=O)(O)OC[C@@H](O)CO)OC(=O)CCC/C=C\C/C=C\C/C=C\C=C\[C@@H](O)CCCCC. The fraction of sp³-hybridized carbons (Fsp3) is 0.762. The molecule has 0 fully saturated rings. The van der Waals surface area contributed by atoms with Gasteiger partial charge < -0.3 is 29.7 Å². The van der Waals surface area contributed by atoms with Gasteiger partial charge in [-0.15, -0.1) is 0 Å². The molecule has 0 aromatic carbocycles. The first kappa shape index (κ1) is 51.9. The van der Waals surface area contributed by atoms with Crippen LogP contribution in [-0.4, -0.2) is 76.9 Å². The largest absolute Gasteiger partial charge is 0.472 e. The summed E-state index contributed by atoms with van der Waals surface area (Å²) in [7, 11) is -4.64. The molecule has 0 spiro atoms. The summed E-state index contributed by atoms with van der Waals surface area (Å²) < 4.78 is 32.6. The minimum Gasteiger partial charge on any atom is -0.462 e. The van der Waals surface area contributed by atoms with Gasteiger partial charge in [-0.25, -0.2) is 4.57 Å². The van der Waals surface area contributed by atoms with Crippen LogP contribution in [0.3, 0.4) is 0 Å². The summed E-state index contributed by atoms with van der Waals surface area (Å²) in [5.74, 6) is -1.02. The van der Waals surface area contributed by atoms with Crippen LogP contribution < -0.4 is 0 Å². The van der Waals surface area contributed by atoms with Crippen molar-refractivity contribution in [2.24, 2.45) is 0 Å². The standard InChI is InChI=1S/C42H75O11P/c1-3-5-7-8-9-10-11-12-15-18-21-24-28-32-41(46)50-36-40(37-52-54(48,49)51-35-39(45)34-43)53-42(47)33-29-25-22-19-16-13-14-17-20-23-27-31-38(44)30-26-6-4-2/h13-14,19-20,22-23,27,31,38-40,43-45H,3-12,15-18,21,24-26,28-30,32-37H2,1-2H3,(H,48,49)/b14-13-,22-19-,23-20-,31-27+/t38-,39-,40+/m0/s1. The number of unbranched alkanes of at least 4 members (excludes halogenated alkanes) is 15. The van der Waals surface area contributed by atoms with E-state index < -0.39 is 51.8 Å². The molecule has 0 aromatic rings. The maximum Gasteiger partial charge on any atom is 0.472 e. The summed E-state index contributed by atoms with van der Waals surface area (Å²) in [5, 5.41) is 28.2. The van der Waals surface area contributed by atoms with E-state index in [-0.39, 0.29) is 25.6 Å². The Labute approximate surface area is 326 Å². The molecule has 0 aliphatic rings. The predicted molar refractivity (Wildman–Crippen MR) is 216 cm³/mol. The number of hydrogen-bond donors (Lipinski definition) is 4. The minimum absolute atomic E-state index is 0.0885. The van der Waals surface area contributed by atoms with Gasteiger partial charge in [0, 0.05) is 12.8 Å². The van der Waals surface area contributed by atoms with Crippen LogP contribution in [0.4, 0.5) is 0 Å². The number of carbonyl (C=O) groups excluding carboxylic acids is 2. The Morgan fingerprint density at radius 3 is 1.80 bits per heavy atom. The van der Waals surface area contributed by atoms with Gasteiger partial charge >= 0.3 is 19.8 Å². The summed E-state index contributed by atoms with van der Waals surface area (Å²) in [6, 6.07) is 0. The van der Waals surface area contributed by atoms with Crippen LogP contribution in [0, 0.1) is 0 Å². The highest BCUT2D eigenvalue weighted by Gasteiger charge is 2.27. The van der Waals surface area contributed by atoms with Gasteiger partial charge in [0.1, 0.15) is 12.7 Å². The number of phosphoric ester groups is 1. The van der Waals surface area contributed by atoms with Crippen LogP contribution in [0.1, 0.15) is 162 Å². The lowest BCUT2D eigenvalue weighted by Crippen LogP contribution is -2.29. The van der Waals surface area contributed by atoms with Gasteiger partial charge in [-0.3, -0.25) is 18.6 Å². The topological polar surface area (TPSA) is 169 Å². The van der Waals surface area contributed by atoms with Crippen LogP contribution in [0.15, 0.2) is 48.6 Å². The van der Waals surface area contributed by atoms with Crippen molar-refractivity contribution in [1.82, 2.24) is 0 Å². The van der Waals surface area contributed by atoms with E-state index in [1.54, 1.807) is 0 Å². The molecule has 54 heavy (non-hydrogen) atoms. The Kier molecular flexibility index (Phi) is 36.3. The van der Waals surface area contributed by atoms with E-state index in [0.717, 1.165) is 57.8 Å². The molecule has 0 aromatic heterocycles. The van der Waals surface area contributed by atoms with Crippen LogP contribution in [0.25, 0.3) is 0 Å². The zero-order valence-corrected chi connectivity index (χ0v) is 34.4. The van der Waals surface area contributed by atoms with Crippen LogP contribution in [0.5, 0.6) is 0 Å². The van der Waals surface area contributed by atoms with Crippen LogP contribution in [-0.2, 0) is 32.7 Å². The fourth-order valence-electron chi connectivity index (χ4n) is 5.33. The molecule has 0 saturated carbocycles. The van der Waals surface area contributed by atoms with Gasteiger partial charge in [0.05, 0.1) is 25.9 Å². The Morgan fingerprint density at radius 1 is 0.630 bits per heavy atom. The molecule has 4 atom stereocenters. The lowest BCUT2D eigenvalue weighted by molar-refractivity contribution is -0.161. The number of aliphatic hydroxyl groups is 3. The van der Waals surface area contributed by atoms with E-state index in [1.807, 2.05) is 36.5 Å². The van der Waals surface area contributed by atoms with Crippen molar-refractivity contribution in [1.29, 1.82) is 0 Å². The molecule has 1 unspecified atom stereocenters. The number of allylic oxidation sites excluding steroid dienone is 7. The van der Waals surface area contributed by atoms with E-state index in [1.165, 1.54) is 57.8 Å². The molecule has 0 amide bonds. The van der Waals surface area contributed by atoms with Crippen molar-refractivity contribution in [2.45, 2.75) is 180 Å². The highest BCUT2D eigenvalue weighted by atomic mass is 31.2. The van der Waals surface area contributed by atoms with Gasteiger partial charge in [-0.2, -0.15) is 0 Å². The highest BCUT2D eigenvalue weighted by Crippen LogP contribution is 2.43. The molecule has 314 valence electrons. The number of aliphatic hydroxyl groups excluding tert-OH is 3. The average Bonchev–Trinajstić information content (AvgIpc) is 3.15. The second-order valence-electron chi connectivity index (χ2n) is 13.9. The first-order chi connectivity index (χ1) is 26.1. The minimum atomic E-state index is -4.64. The smallest absolute Gasteiger partial charge is 0.462 e. The maximum absolute atomic E-state index is 12.6. The number of carbonyl (C=O) groups is 2. The van der Waals surface area contributed by atoms with Gasteiger partial charge in [0.25, 0.3) is 0 Å². The molecule has 0 saturated heterocycles. The number of rotatable bonds is 38. The molecular formula is C42H75O11P. The van der Waals surface area contributed by atoms with E-state index in [0.29, 0.717) is 19.3 Å². The normalized spacial score (nSPS) is 15.0. The number of ether oxygens (including phenoxy) is 2. The van der Waals surface area contributed by atoms with Crippen molar-refractivity contribution >= 4 is 19.8 Å². The third-order valence-electron chi connectivity index (χ3n) is 8.59. The van der Waals surface area contributed by atoms with Crippen molar-refractivity contribution in [3.05, 3.63) is 48.6 Å². The summed E-state index contributed by atoms with van der Waals surface area (Å²) in [6.45, 7) is 2.16. The Bertz CT molecular complexity index is 1060. The molecule has 0 rings (SSSR count). The van der Waals surface area contributed by atoms with E-state index in [2.05, 4.69) is 30.5 Å². The fourth-order valence-corrected chi connectivity index (χ4v) is 6.12. The quantitative estimate of drug-likeness (QED) is 0.0155. The van der Waals surface area contributed by atoms with Gasteiger partial charge in [-0.1, -0.05) is 159 Å². The second-order valence-corrected chi connectivity index (χ2v) is 15.3. The van der Waals surface area contributed by atoms with Crippen LogP contribution in [0.2, 0.25) is 0 Å². The van der Waals surface area contributed by atoms with E-state index in [4.69, 9.17) is 19.1 Å². The van der Waals surface area contributed by atoms with Crippen LogP contribution >= 0.6 is 7.82 Å². The number of hydrogen-bond acceptors (Lipinski definition) is 10. The molecule has 0 heterocycles. The molecule has 0 aliphatic carbocycles. The zero-order chi connectivity index (χ0) is 40.0. The van der Waals surface area contributed by atoms with Crippen molar-refractivity contribution < 1.29 is 52.9 Å². The van der Waals surface area contributed by atoms with Crippen molar-refractivity contribution in [3.63, 3.8) is 0 Å². The Morgan fingerprint density at radius 2 is 1.17 bits per heavy atom. The monoisotopic (exact) mass is 787 g/mol. The lowest BCUT2D eigenvalue weighted by atomic mass is 10.0. The summed E-state index contributed by atoms with van der Waals surface area (Å²) in [5.41, 5.74) is 0. The third-order valence-corrected chi connectivity index (χ3v) is 9.54. The van der Waals surface area contributed by atoms with Gasteiger partial charge in [-0.05, 0) is 38.5 Å². The third kappa shape index (κ3) is 36.8. The van der Waals surface area contributed by atoms with E-state index >= 15 is 0 Å².